The van der Waals surface area contributed by atoms with E-state index in [4.69, 9.17) is 5.73 Å². The van der Waals surface area contributed by atoms with Crippen LogP contribution in [-0.2, 0) is 6.54 Å². The van der Waals surface area contributed by atoms with E-state index in [1.165, 1.54) is 22.9 Å². The second-order valence-electron chi connectivity index (χ2n) is 4.43. The van der Waals surface area contributed by atoms with Gasteiger partial charge < -0.3 is 5.73 Å². The summed E-state index contributed by atoms with van der Waals surface area (Å²) in [5.41, 5.74) is 6.67. The predicted octanol–water partition coefficient (Wildman–Crippen LogP) is 0.923. The lowest BCUT2D eigenvalue weighted by molar-refractivity contribution is 0.611. The Kier molecular flexibility index (Phi) is 3.25. The van der Waals surface area contributed by atoms with Gasteiger partial charge in [0.2, 0.25) is 0 Å². The molecule has 1 heterocycles. The maximum absolute atomic E-state index is 12.9. The fourth-order valence-electron chi connectivity index (χ4n) is 1.78. The zero-order valence-corrected chi connectivity index (χ0v) is 10.7. The smallest absolute Gasteiger partial charge is 0.268 e. The Morgan fingerprint density at radius 1 is 1.26 bits per heavy atom. The number of rotatable bonds is 2. The highest BCUT2D eigenvalue weighted by Crippen LogP contribution is 2.13. The van der Waals surface area contributed by atoms with Crippen LogP contribution >= 0.6 is 0 Å². The molecule has 0 aliphatic carbocycles. The Hall–Kier alpha value is -2.37. The molecule has 2 aromatic rings. The second kappa shape index (κ2) is 4.72. The van der Waals surface area contributed by atoms with Crippen LogP contribution in [0.2, 0.25) is 0 Å². The quantitative estimate of drug-likeness (QED) is 0.791. The van der Waals surface area contributed by atoms with Gasteiger partial charge in [0.25, 0.3) is 11.1 Å². The molecule has 0 amide bonds. The van der Waals surface area contributed by atoms with Crippen molar-refractivity contribution < 1.29 is 4.39 Å². The summed E-state index contributed by atoms with van der Waals surface area (Å²) in [6.45, 7) is 3.28. The SMILES string of the molecule is Cc1c(C)c(=O)n(Cc2ccc(F)cc2N)[nH]c1=O. The monoisotopic (exact) mass is 263 g/mol. The van der Waals surface area contributed by atoms with Crippen LogP contribution in [0.5, 0.6) is 0 Å². The Morgan fingerprint density at radius 3 is 2.58 bits per heavy atom. The van der Waals surface area contributed by atoms with Gasteiger partial charge in [0.05, 0.1) is 6.54 Å². The first-order valence-corrected chi connectivity index (χ1v) is 5.74. The molecule has 0 saturated heterocycles. The Balaban J connectivity index is 2.50. The number of benzene rings is 1. The van der Waals surface area contributed by atoms with Crippen LogP contribution < -0.4 is 16.9 Å². The van der Waals surface area contributed by atoms with Crippen molar-refractivity contribution in [1.82, 2.24) is 9.78 Å². The van der Waals surface area contributed by atoms with Crippen molar-refractivity contribution in [2.75, 3.05) is 5.73 Å². The van der Waals surface area contributed by atoms with Gasteiger partial charge in [-0.2, -0.15) is 0 Å². The number of H-pyrrole nitrogens is 1. The summed E-state index contributed by atoms with van der Waals surface area (Å²) in [4.78, 5) is 23.6. The molecule has 0 unspecified atom stereocenters. The molecule has 5 nitrogen and oxygen atoms in total. The molecule has 0 aliphatic heterocycles. The molecule has 0 bridgehead atoms. The standard InChI is InChI=1S/C13H14FN3O2/c1-7-8(2)13(19)17(16-12(7)18)6-9-3-4-10(14)5-11(9)15/h3-5H,6,15H2,1-2H3,(H,16,18). The molecule has 6 heteroatoms. The zero-order chi connectivity index (χ0) is 14.2. The molecule has 1 aromatic carbocycles. The van der Waals surface area contributed by atoms with Crippen molar-refractivity contribution in [2.24, 2.45) is 0 Å². The third-order valence-corrected chi connectivity index (χ3v) is 3.14. The van der Waals surface area contributed by atoms with Gasteiger partial charge in [-0.05, 0) is 31.5 Å². The number of hydrogen-bond donors (Lipinski definition) is 2. The highest BCUT2D eigenvalue weighted by molar-refractivity contribution is 5.46. The molecule has 100 valence electrons. The molecule has 0 radical (unpaired) electrons. The normalized spacial score (nSPS) is 10.7. The van der Waals surface area contributed by atoms with E-state index >= 15 is 0 Å². The second-order valence-corrected chi connectivity index (χ2v) is 4.43. The molecule has 0 spiro atoms. The average Bonchev–Trinajstić information content (AvgIpc) is 2.36. The summed E-state index contributed by atoms with van der Waals surface area (Å²) in [6, 6.07) is 3.93. The number of halogens is 1. The largest absolute Gasteiger partial charge is 0.398 e. The summed E-state index contributed by atoms with van der Waals surface area (Å²) in [5, 5.41) is 2.47. The van der Waals surface area contributed by atoms with Gasteiger partial charge >= 0.3 is 0 Å². The van der Waals surface area contributed by atoms with E-state index in [0.717, 1.165) is 0 Å². The van der Waals surface area contributed by atoms with Crippen LogP contribution in [0, 0.1) is 19.7 Å². The van der Waals surface area contributed by atoms with Gasteiger partial charge in [0, 0.05) is 16.8 Å². The number of nitrogens with zero attached hydrogens (tertiary/aromatic N) is 1. The molecule has 0 fully saturated rings. The minimum Gasteiger partial charge on any atom is -0.398 e. The van der Waals surface area contributed by atoms with Gasteiger partial charge in [-0.15, -0.1) is 0 Å². The van der Waals surface area contributed by atoms with Crippen molar-refractivity contribution in [3.8, 4) is 0 Å². The molecular formula is C13H14FN3O2. The number of nitrogen functional groups attached to an aromatic ring is 1. The fraction of sp³-hybridized carbons (Fsp3) is 0.231. The lowest BCUT2D eigenvalue weighted by Gasteiger charge is -2.10. The number of aromatic amines is 1. The highest BCUT2D eigenvalue weighted by Gasteiger charge is 2.09. The topological polar surface area (TPSA) is 80.9 Å². The van der Waals surface area contributed by atoms with E-state index < -0.39 is 5.82 Å². The minimum absolute atomic E-state index is 0.0985. The molecule has 2 rings (SSSR count). The minimum atomic E-state index is -0.442. The molecule has 0 atom stereocenters. The molecular weight excluding hydrogens is 249 g/mol. The van der Waals surface area contributed by atoms with Crippen molar-refractivity contribution in [2.45, 2.75) is 20.4 Å². The third-order valence-electron chi connectivity index (χ3n) is 3.14. The van der Waals surface area contributed by atoms with Crippen molar-refractivity contribution in [3.63, 3.8) is 0 Å². The number of nitrogens with two attached hydrogens (primary N) is 1. The number of aromatic nitrogens is 2. The number of nitrogens with one attached hydrogen (secondary N) is 1. The van der Waals surface area contributed by atoms with Crippen molar-refractivity contribution in [1.29, 1.82) is 0 Å². The summed E-state index contributed by atoms with van der Waals surface area (Å²) >= 11 is 0. The van der Waals surface area contributed by atoms with Crippen LogP contribution in [0.1, 0.15) is 16.7 Å². The van der Waals surface area contributed by atoms with Gasteiger partial charge in [-0.25, -0.2) is 9.07 Å². The summed E-state index contributed by atoms with van der Waals surface area (Å²) in [7, 11) is 0. The molecule has 19 heavy (non-hydrogen) atoms. The van der Waals surface area contributed by atoms with Gasteiger partial charge in [0.1, 0.15) is 5.82 Å². The Bertz CT molecular complexity index is 747. The number of anilines is 1. The van der Waals surface area contributed by atoms with E-state index in [2.05, 4.69) is 5.10 Å². The number of hydrogen-bond acceptors (Lipinski definition) is 3. The summed E-state index contributed by atoms with van der Waals surface area (Å²) in [5.74, 6) is -0.442. The van der Waals surface area contributed by atoms with Crippen LogP contribution in [0.15, 0.2) is 27.8 Å². The Morgan fingerprint density at radius 2 is 1.95 bits per heavy atom. The third kappa shape index (κ3) is 2.42. The molecule has 3 N–H and O–H groups in total. The maximum atomic E-state index is 12.9. The van der Waals surface area contributed by atoms with Crippen LogP contribution in [-0.4, -0.2) is 9.78 Å². The lowest BCUT2D eigenvalue weighted by Crippen LogP contribution is -2.33. The first-order valence-electron chi connectivity index (χ1n) is 5.74. The van der Waals surface area contributed by atoms with Crippen LogP contribution in [0.3, 0.4) is 0 Å². The van der Waals surface area contributed by atoms with Crippen LogP contribution in [0.4, 0.5) is 10.1 Å². The molecule has 1 aromatic heterocycles. The van der Waals surface area contributed by atoms with E-state index in [1.807, 2.05) is 0 Å². The molecule has 0 aliphatic rings. The lowest BCUT2D eigenvalue weighted by atomic mass is 10.1. The van der Waals surface area contributed by atoms with Crippen LogP contribution in [0.25, 0.3) is 0 Å². The Labute approximate surface area is 108 Å². The predicted molar refractivity (Wildman–Crippen MR) is 70.7 cm³/mol. The first kappa shape index (κ1) is 13.1. The van der Waals surface area contributed by atoms with E-state index in [1.54, 1.807) is 13.8 Å². The highest BCUT2D eigenvalue weighted by atomic mass is 19.1. The summed E-state index contributed by atoms with van der Waals surface area (Å²) < 4.78 is 14.1. The maximum Gasteiger partial charge on any atom is 0.268 e. The van der Waals surface area contributed by atoms with Gasteiger partial charge in [0.15, 0.2) is 0 Å². The van der Waals surface area contributed by atoms with E-state index in [9.17, 15) is 14.0 Å². The van der Waals surface area contributed by atoms with E-state index in [0.29, 0.717) is 16.7 Å². The molecule has 0 saturated carbocycles. The van der Waals surface area contributed by atoms with Gasteiger partial charge in [-0.3, -0.25) is 14.7 Å². The summed E-state index contributed by atoms with van der Waals surface area (Å²) in [6.07, 6.45) is 0. The van der Waals surface area contributed by atoms with Crippen molar-refractivity contribution in [3.05, 3.63) is 61.4 Å². The van der Waals surface area contributed by atoms with Crippen molar-refractivity contribution >= 4 is 5.69 Å². The zero-order valence-electron chi connectivity index (χ0n) is 10.7. The van der Waals surface area contributed by atoms with Gasteiger partial charge in [-0.1, -0.05) is 6.07 Å². The average molecular weight is 263 g/mol. The van der Waals surface area contributed by atoms with E-state index in [-0.39, 0.29) is 23.4 Å². The first-order chi connectivity index (χ1) is 8.90. The fourth-order valence-corrected chi connectivity index (χ4v) is 1.78.